The molecule has 4 rings (SSSR count). The molecule has 1 atom stereocenters. The summed E-state index contributed by atoms with van der Waals surface area (Å²) in [6.45, 7) is 4.66. The number of pyridine rings is 1. The van der Waals surface area contributed by atoms with Crippen molar-refractivity contribution in [2.45, 2.75) is 13.0 Å². The van der Waals surface area contributed by atoms with Crippen LogP contribution < -0.4 is 15.5 Å². The third-order valence-electron chi connectivity index (χ3n) is 4.48. The van der Waals surface area contributed by atoms with Crippen LogP contribution in [-0.2, 0) is 0 Å². The van der Waals surface area contributed by atoms with Gasteiger partial charge in [0.2, 0.25) is 0 Å². The third kappa shape index (κ3) is 3.70. The second kappa shape index (κ2) is 7.24. The molecule has 0 bridgehead atoms. The van der Waals surface area contributed by atoms with Gasteiger partial charge in [-0.15, -0.1) is 0 Å². The molecular formula is C19H19FN6O. The number of carbonyl (C=O) groups is 1. The Labute approximate surface area is 155 Å². The van der Waals surface area contributed by atoms with Crippen molar-refractivity contribution in [3.8, 4) is 0 Å². The fourth-order valence-electron chi connectivity index (χ4n) is 3.18. The fourth-order valence-corrected chi connectivity index (χ4v) is 3.18. The molecule has 0 saturated carbocycles. The molecule has 7 nitrogen and oxygen atoms in total. The van der Waals surface area contributed by atoms with Crippen molar-refractivity contribution >= 4 is 28.3 Å². The molecular weight excluding hydrogens is 347 g/mol. The highest BCUT2D eigenvalue weighted by molar-refractivity contribution is 6.07. The molecule has 1 aromatic carbocycles. The molecule has 1 aliphatic rings. The Kier molecular flexibility index (Phi) is 4.64. The smallest absolute Gasteiger partial charge is 0.275 e. The van der Waals surface area contributed by atoms with Gasteiger partial charge in [-0.2, -0.15) is 0 Å². The minimum absolute atomic E-state index is 0.162. The molecule has 8 heteroatoms. The molecule has 1 unspecified atom stereocenters. The maximum absolute atomic E-state index is 13.8. The lowest BCUT2D eigenvalue weighted by Crippen LogP contribution is -2.49. The molecule has 3 aromatic rings. The van der Waals surface area contributed by atoms with Crippen LogP contribution in [0.5, 0.6) is 0 Å². The highest BCUT2D eigenvalue weighted by Crippen LogP contribution is 2.23. The number of nitrogens with one attached hydrogen (secondary N) is 2. The van der Waals surface area contributed by atoms with Gasteiger partial charge in [0.15, 0.2) is 0 Å². The van der Waals surface area contributed by atoms with Gasteiger partial charge in [-0.05, 0) is 25.1 Å². The Balaban J connectivity index is 1.54. The highest BCUT2D eigenvalue weighted by Gasteiger charge is 2.18. The largest absolute Gasteiger partial charge is 0.353 e. The van der Waals surface area contributed by atoms with Crippen LogP contribution in [0.25, 0.3) is 10.9 Å². The van der Waals surface area contributed by atoms with E-state index in [9.17, 15) is 9.18 Å². The Morgan fingerprint density at radius 3 is 2.96 bits per heavy atom. The maximum Gasteiger partial charge on any atom is 0.275 e. The molecule has 2 N–H and O–H groups in total. The number of nitrogens with zero attached hydrogens (tertiary/aromatic N) is 4. The molecule has 138 valence electrons. The Hall–Kier alpha value is -3.13. The highest BCUT2D eigenvalue weighted by atomic mass is 19.1. The molecule has 0 radical (unpaired) electrons. The minimum atomic E-state index is -0.458. The van der Waals surface area contributed by atoms with E-state index in [0.717, 1.165) is 25.5 Å². The monoisotopic (exact) mass is 366 g/mol. The van der Waals surface area contributed by atoms with Crippen LogP contribution in [0.4, 0.5) is 15.9 Å². The van der Waals surface area contributed by atoms with E-state index in [1.54, 1.807) is 24.5 Å². The van der Waals surface area contributed by atoms with Crippen molar-refractivity contribution in [3.63, 3.8) is 0 Å². The zero-order valence-electron chi connectivity index (χ0n) is 14.8. The second-order valence-electron chi connectivity index (χ2n) is 6.54. The summed E-state index contributed by atoms with van der Waals surface area (Å²) in [5.41, 5.74) is 0.985. The van der Waals surface area contributed by atoms with E-state index in [0.29, 0.717) is 22.6 Å². The zero-order valence-corrected chi connectivity index (χ0v) is 14.8. The quantitative estimate of drug-likeness (QED) is 0.740. The first-order chi connectivity index (χ1) is 13.1. The topological polar surface area (TPSA) is 83.0 Å². The molecule has 2 aromatic heterocycles. The number of anilines is 2. The summed E-state index contributed by atoms with van der Waals surface area (Å²) in [5, 5.41) is 6.66. The maximum atomic E-state index is 13.8. The Morgan fingerprint density at radius 1 is 1.30 bits per heavy atom. The number of hydrogen-bond donors (Lipinski definition) is 2. The summed E-state index contributed by atoms with van der Waals surface area (Å²) >= 11 is 0. The van der Waals surface area contributed by atoms with Crippen LogP contribution in [0.3, 0.4) is 0 Å². The summed E-state index contributed by atoms with van der Waals surface area (Å²) in [7, 11) is 0. The first-order valence-corrected chi connectivity index (χ1v) is 8.76. The number of amides is 1. The van der Waals surface area contributed by atoms with Crippen LogP contribution >= 0.6 is 0 Å². The van der Waals surface area contributed by atoms with Gasteiger partial charge >= 0.3 is 0 Å². The summed E-state index contributed by atoms with van der Waals surface area (Å²) in [5.74, 6) is -0.168. The van der Waals surface area contributed by atoms with Crippen molar-refractivity contribution in [2.75, 3.05) is 29.9 Å². The van der Waals surface area contributed by atoms with E-state index in [-0.39, 0.29) is 5.69 Å². The number of aromatic nitrogens is 3. The van der Waals surface area contributed by atoms with E-state index in [1.807, 2.05) is 0 Å². The zero-order chi connectivity index (χ0) is 18.8. The minimum Gasteiger partial charge on any atom is -0.353 e. The first kappa shape index (κ1) is 17.3. The van der Waals surface area contributed by atoms with Crippen LogP contribution in [0, 0.1) is 5.82 Å². The number of fused-ring (bicyclic) bond motifs is 1. The first-order valence-electron chi connectivity index (χ1n) is 8.76. The average molecular weight is 366 g/mol. The van der Waals surface area contributed by atoms with Gasteiger partial charge in [0, 0.05) is 37.3 Å². The summed E-state index contributed by atoms with van der Waals surface area (Å²) < 4.78 is 13.8. The van der Waals surface area contributed by atoms with Crippen LogP contribution in [0.15, 0.2) is 42.9 Å². The van der Waals surface area contributed by atoms with E-state index in [4.69, 9.17) is 0 Å². The summed E-state index contributed by atoms with van der Waals surface area (Å²) in [6.07, 6.45) is 4.63. The number of rotatable bonds is 3. The number of hydrogen-bond acceptors (Lipinski definition) is 6. The molecule has 3 heterocycles. The van der Waals surface area contributed by atoms with Gasteiger partial charge in [-0.1, -0.05) is 6.07 Å². The molecule has 1 fully saturated rings. The normalized spacial score (nSPS) is 17.1. The SMILES string of the molecule is CC1CN(c2cnc(C(=O)Nc3cc(F)cc4cccnc34)cn2)CCN1. The average Bonchev–Trinajstić information content (AvgIpc) is 2.68. The van der Waals surface area contributed by atoms with Crippen molar-refractivity contribution in [2.24, 2.45) is 0 Å². The fraction of sp³-hybridized carbons (Fsp3) is 0.263. The Bertz CT molecular complexity index is 978. The van der Waals surface area contributed by atoms with Crippen molar-refractivity contribution in [1.29, 1.82) is 0 Å². The summed E-state index contributed by atoms with van der Waals surface area (Å²) in [6, 6.07) is 6.45. The van der Waals surface area contributed by atoms with Crippen LogP contribution in [0.1, 0.15) is 17.4 Å². The third-order valence-corrected chi connectivity index (χ3v) is 4.48. The van der Waals surface area contributed by atoms with Gasteiger partial charge in [0.05, 0.1) is 23.6 Å². The molecule has 1 amide bonds. The van der Waals surface area contributed by atoms with E-state index >= 15 is 0 Å². The van der Waals surface area contributed by atoms with E-state index < -0.39 is 11.7 Å². The van der Waals surface area contributed by atoms with Crippen molar-refractivity contribution < 1.29 is 9.18 Å². The predicted molar refractivity (Wildman–Crippen MR) is 101 cm³/mol. The Morgan fingerprint density at radius 2 is 2.19 bits per heavy atom. The van der Waals surface area contributed by atoms with Crippen LogP contribution in [-0.4, -0.2) is 46.5 Å². The number of halogens is 1. The lowest BCUT2D eigenvalue weighted by Gasteiger charge is -2.32. The van der Waals surface area contributed by atoms with E-state index in [1.165, 1.54) is 18.3 Å². The molecule has 1 aliphatic heterocycles. The lowest BCUT2D eigenvalue weighted by atomic mass is 10.2. The number of carbonyl (C=O) groups excluding carboxylic acids is 1. The van der Waals surface area contributed by atoms with Crippen LogP contribution in [0.2, 0.25) is 0 Å². The molecule has 27 heavy (non-hydrogen) atoms. The van der Waals surface area contributed by atoms with E-state index in [2.05, 4.69) is 37.4 Å². The second-order valence-corrected chi connectivity index (χ2v) is 6.54. The molecule has 1 saturated heterocycles. The number of benzene rings is 1. The van der Waals surface area contributed by atoms with Crippen molar-refractivity contribution in [1.82, 2.24) is 20.3 Å². The van der Waals surface area contributed by atoms with Gasteiger partial charge in [0.25, 0.3) is 5.91 Å². The van der Waals surface area contributed by atoms with Gasteiger partial charge < -0.3 is 15.5 Å². The van der Waals surface area contributed by atoms with Gasteiger partial charge in [-0.25, -0.2) is 14.4 Å². The lowest BCUT2D eigenvalue weighted by molar-refractivity contribution is 0.102. The number of piperazine rings is 1. The van der Waals surface area contributed by atoms with Gasteiger partial charge in [-0.3, -0.25) is 9.78 Å². The molecule has 0 aliphatic carbocycles. The standard InChI is InChI=1S/C19H19FN6O/c1-12-11-26(6-5-21-12)17-10-23-16(9-24-17)19(27)25-15-8-14(20)7-13-3-2-4-22-18(13)15/h2-4,7-10,12,21H,5-6,11H2,1H3,(H,25,27). The molecule has 0 spiro atoms. The van der Waals surface area contributed by atoms with Gasteiger partial charge in [0.1, 0.15) is 17.3 Å². The summed E-state index contributed by atoms with van der Waals surface area (Å²) in [4.78, 5) is 27.5. The predicted octanol–water partition coefficient (Wildman–Crippen LogP) is 2.21. The van der Waals surface area contributed by atoms with Crippen molar-refractivity contribution in [3.05, 3.63) is 54.4 Å².